The second kappa shape index (κ2) is 6.32. The van der Waals surface area contributed by atoms with E-state index in [0.717, 1.165) is 19.4 Å². The van der Waals surface area contributed by atoms with Crippen molar-refractivity contribution < 1.29 is 0 Å². The Morgan fingerprint density at radius 2 is 1.92 bits per heavy atom. The number of allylic oxidation sites excluding steroid dienone is 2. The molecular formula is C22H27N3. The van der Waals surface area contributed by atoms with Crippen molar-refractivity contribution in [3.8, 4) is 0 Å². The molecule has 0 spiro atoms. The molecule has 3 nitrogen and oxygen atoms in total. The summed E-state index contributed by atoms with van der Waals surface area (Å²) in [5.74, 6) is 0. The molecule has 2 heterocycles. The van der Waals surface area contributed by atoms with Gasteiger partial charge in [0.1, 0.15) is 0 Å². The molecule has 2 N–H and O–H groups in total. The summed E-state index contributed by atoms with van der Waals surface area (Å²) in [6.07, 6.45) is 4.37. The van der Waals surface area contributed by atoms with Crippen LogP contribution < -0.4 is 5.73 Å². The van der Waals surface area contributed by atoms with Gasteiger partial charge < -0.3 is 10.7 Å². The van der Waals surface area contributed by atoms with Crippen molar-refractivity contribution >= 4 is 16.3 Å². The van der Waals surface area contributed by atoms with Crippen molar-refractivity contribution in [2.75, 3.05) is 13.6 Å². The minimum Gasteiger partial charge on any atom is -0.330 e. The van der Waals surface area contributed by atoms with Gasteiger partial charge in [0.2, 0.25) is 0 Å². The molecule has 0 amide bonds. The van der Waals surface area contributed by atoms with Crippen molar-refractivity contribution in [3.63, 3.8) is 0 Å². The topological polar surface area (TPSA) is 32.3 Å². The Bertz CT molecular complexity index is 864. The lowest BCUT2D eigenvalue weighted by atomic mass is 9.90. The second-order valence-electron chi connectivity index (χ2n) is 7.11. The number of fused-ring (bicyclic) bond motifs is 2. The largest absolute Gasteiger partial charge is 0.330 e. The monoisotopic (exact) mass is 333 g/mol. The van der Waals surface area contributed by atoms with Crippen LogP contribution in [0.3, 0.4) is 0 Å². The van der Waals surface area contributed by atoms with E-state index in [1.807, 2.05) is 0 Å². The molecule has 3 atom stereocenters. The molecule has 1 saturated heterocycles. The standard InChI is InChI=1S/C22H27N3/c1-4-19(18-12-11-16-8-5-6-9-17(16)14-18)21-20(10-7-13-23)24(3)25-15(2)22(21)25/h4-6,8-9,11-12,14-15,22H,7,10,13,23H2,1-3H3/b19-4-. The van der Waals surface area contributed by atoms with Gasteiger partial charge in [-0.25, -0.2) is 5.01 Å². The predicted molar refractivity (Wildman–Crippen MR) is 106 cm³/mol. The number of benzene rings is 2. The average molecular weight is 333 g/mol. The van der Waals surface area contributed by atoms with E-state index in [1.54, 1.807) is 0 Å². The van der Waals surface area contributed by atoms with E-state index in [2.05, 4.69) is 79.5 Å². The lowest BCUT2D eigenvalue weighted by Gasteiger charge is -2.23. The molecule has 0 saturated carbocycles. The van der Waals surface area contributed by atoms with Crippen LogP contribution in [-0.2, 0) is 0 Å². The van der Waals surface area contributed by atoms with Gasteiger partial charge in [-0.15, -0.1) is 0 Å². The lowest BCUT2D eigenvalue weighted by molar-refractivity contribution is 0.164. The van der Waals surface area contributed by atoms with Crippen molar-refractivity contribution in [2.24, 2.45) is 5.73 Å². The molecule has 0 aliphatic carbocycles. The fourth-order valence-electron chi connectivity index (χ4n) is 4.37. The normalized spacial score (nSPS) is 25.7. The maximum absolute atomic E-state index is 5.78. The van der Waals surface area contributed by atoms with Gasteiger partial charge >= 0.3 is 0 Å². The van der Waals surface area contributed by atoms with Crippen LogP contribution in [0.1, 0.15) is 32.3 Å². The molecule has 1 fully saturated rings. The van der Waals surface area contributed by atoms with Crippen LogP contribution in [0.2, 0.25) is 0 Å². The third-order valence-electron chi connectivity index (χ3n) is 5.67. The smallest absolute Gasteiger partial charge is 0.0741 e. The molecule has 0 aromatic heterocycles. The quantitative estimate of drug-likeness (QED) is 0.834. The van der Waals surface area contributed by atoms with Crippen molar-refractivity contribution in [1.29, 1.82) is 0 Å². The molecule has 2 aromatic rings. The van der Waals surface area contributed by atoms with Crippen LogP contribution in [0.4, 0.5) is 0 Å². The molecule has 0 radical (unpaired) electrons. The van der Waals surface area contributed by atoms with E-state index >= 15 is 0 Å². The number of nitrogens with two attached hydrogens (primary N) is 1. The minimum atomic E-state index is 0.524. The summed E-state index contributed by atoms with van der Waals surface area (Å²) < 4.78 is 0. The average Bonchev–Trinajstić information content (AvgIpc) is 3.20. The Balaban J connectivity index is 1.79. The first-order valence-corrected chi connectivity index (χ1v) is 9.28. The fraction of sp³-hybridized carbons (Fsp3) is 0.364. The first-order chi connectivity index (χ1) is 12.2. The second-order valence-corrected chi connectivity index (χ2v) is 7.11. The maximum atomic E-state index is 5.78. The van der Waals surface area contributed by atoms with Gasteiger partial charge in [0.05, 0.1) is 6.04 Å². The molecule has 2 aliphatic heterocycles. The fourth-order valence-corrected chi connectivity index (χ4v) is 4.37. The Hall–Kier alpha value is -2.10. The van der Waals surface area contributed by atoms with Crippen LogP contribution in [-0.4, -0.2) is 35.7 Å². The van der Waals surface area contributed by atoms with E-state index in [0.29, 0.717) is 12.1 Å². The summed E-state index contributed by atoms with van der Waals surface area (Å²) in [5, 5.41) is 7.44. The highest BCUT2D eigenvalue weighted by atomic mass is 15.7. The molecule has 130 valence electrons. The van der Waals surface area contributed by atoms with Crippen LogP contribution in [0.15, 0.2) is 59.8 Å². The molecular weight excluding hydrogens is 306 g/mol. The first-order valence-electron chi connectivity index (χ1n) is 9.28. The van der Waals surface area contributed by atoms with Gasteiger partial charge in [-0.1, -0.05) is 42.5 Å². The summed E-state index contributed by atoms with van der Waals surface area (Å²) in [6.45, 7) is 5.22. The van der Waals surface area contributed by atoms with Crippen LogP contribution >= 0.6 is 0 Å². The number of hydrogen-bond donors (Lipinski definition) is 1. The predicted octanol–water partition coefficient (Wildman–Crippen LogP) is 4.17. The molecule has 3 heteroatoms. The Morgan fingerprint density at radius 3 is 2.64 bits per heavy atom. The highest BCUT2D eigenvalue weighted by molar-refractivity contribution is 5.90. The lowest BCUT2D eigenvalue weighted by Crippen LogP contribution is -2.23. The Kier molecular flexibility index (Phi) is 4.14. The van der Waals surface area contributed by atoms with Crippen molar-refractivity contribution in [2.45, 2.75) is 38.8 Å². The SMILES string of the molecule is C/C=C(\C1=C(CCCN)N(C)N2C(C)C12)c1ccc2ccccc2c1. The first kappa shape index (κ1) is 16.4. The van der Waals surface area contributed by atoms with E-state index in [4.69, 9.17) is 5.73 Å². The van der Waals surface area contributed by atoms with Gasteiger partial charge in [-0.2, -0.15) is 0 Å². The summed E-state index contributed by atoms with van der Waals surface area (Å²) in [4.78, 5) is 0. The third kappa shape index (κ3) is 2.59. The zero-order chi connectivity index (χ0) is 17.6. The van der Waals surface area contributed by atoms with Crippen LogP contribution in [0.5, 0.6) is 0 Å². The maximum Gasteiger partial charge on any atom is 0.0741 e. The van der Waals surface area contributed by atoms with Crippen LogP contribution in [0.25, 0.3) is 16.3 Å². The van der Waals surface area contributed by atoms with E-state index in [1.165, 1.54) is 33.2 Å². The summed E-state index contributed by atoms with van der Waals surface area (Å²) >= 11 is 0. The van der Waals surface area contributed by atoms with E-state index < -0.39 is 0 Å². The number of rotatable bonds is 5. The number of hydrazine groups is 1. The van der Waals surface area contributed by atoms with Gasteiger partial charge in [0, 0.05) is 24.4 Å². The van der Waals surface area contributed by atoms with Crippen LogP contribution in [0, 0.1) is 0 Å². The zero-order valence-electron chi connectivity index (χ0n) is 15.4. The summed E-state index contributed by atoms with van der Waals surface area (Å²) in [5.41, 5.74) is 11.4. The summed E-state index contributed by atoms with van der Waals surface area (Å²) in [6, 6.07) is 16.5. The van der Waals surface area contributed by atoms with E-state index in [-0.39, 0.29) is 0 Å². The van der Waals surface area contributed by atoms with Gasteiger partial charge in [-0.05, 0) is 61.2 Å². The molecule has 0 bridgehead atoms. The minimum absolute atomic E-state index is 0.524. The van der Waals surface area contributed by atoms with Crippen molar-refractivity contribution in [1.82, 2.24) is 10.0 Å². The van der Waals surface area contributed by atoms with E-state index in [9.17, 15) is 0 Å². The van der Waals surface area contributed by atoms with Gasteiger partial charge in [0.15, 0.2) is 0 Å². The summed E-state index contributed by atoms with van der Waals surface area (Å²) in [7, 11) is 2.20. The Morgan fingerprint density at radius 1 is 1.16 bits per heavy atom. The zero-order valence-corrected chi connectivity index (χ0v) is 15.4. The molecule has 4 rings (SSSR count). The molecule has 3 unspecified atom stereocenters. The third-order valence-corrected chi connectivity index (χ3v) is 5.67. The van der Waals surface area contributed by atoms with Gasteiger partial charge in [0.25, 0.3) is 0 Å². The number of nitrogens with zero attached hydrogens (tertiary/aromatic N) is 2. The number of hydrogen-bond acceptors (Lipinski definition) is 3. The van der Waals surface area contributed by atoms with Crippen molar-refractivity contribution in [3.05, 3.63) is 65.4 Å². The molecule has 2 aromatic carbocycles. The van der Waals surface area contributed by atoms with Gasteiger partial charge in [-0.3, -0.25) is 0 Å². The Labute approximate surface area is 150 Å². The molecule has 25 heavy (non-hydrogen) atoms. The molecule has 2 aliphatic rings. The highest BCUT2D eigenvalue weighted by Crippen LogP contribution is 2.50. The highest BCUT2D eigenvalue weighted by Gasteiger charge is 2.56.